The Kier molecular flexibility index (Phi) is 4.24. The molecule has 5 rings (SSSR count). The van der Waals surface area contributed by atoms with Crippen LogP contribution in [0.3, 0.4) is 0 Å². The van der Waals surface area contributed by atoms with E-state index in [9.17, 15) is 5.11 Å². The summed E-state index contributed by atoms with van der Waals surface area (Å²) in [5, 5.41) is 15.3. The topological polar surface area (TPSA) is 56.5 Å². The van der Waals surface area contributed by atoms with E-state index in [1.165, 1.54) is 0 Å². The summed E-state index contributed by atoms with van der Waals surface area (Å²) in [6.45, 7) is 0.783. The first-order valence-electron chi connectivity index (χ1n) is 9.68. The molecule has 2 heterocycles. The smallest absolute Gasteiger partial charge is 0.150 e. The molecule has 0 bridgehead atoms. The number of fused-ring (bicyclic) bond motifs is 1. The zero-order valence-corrected chi connectivity index (χ0v) is 15.2. The maximum atomic E-state index is 9.61. The lowest BCUT2D eigenvalue weighted by Gasteiger charge is -2.27. The standard InChI is InChI=1S/C22H23N2O3/c25-17-9-7-15(8-10-17)16-12-20-19(21(13-16)27-18-4-3-5-18)14-23-24(20)22-6-1-2-11-26-22/h3,7-10,12-14,18,22,25H,1-2,4-6,11H2. The highest BCUT2D eigenvalue weighted by Gasteiger charge is 2.24. The zero-order chi connectivity index (χ0) is 18.2. The number of nitrogens with zero attached hydrogens (tertiary/aromatic N) is 2. The van der Waals surface area contributed by atoms with E-state index < -0.39 is 0 Å². The van der Waals surface area contributed by atoms with Crippen molar-refractivity contribution in [1.82, 2.24) is 9.78 Å². The van der Waals surface area contributed by atoms with Crippen LogP contribution < -0.4 is 4.74 Å². The highest BCUT2D eigenvalue weighted by atomic mass is 16.5. The number of hydrogen-bond donors (Lipinski definition) is 1. The number of ether oxygens (including phenoxy) is 2. The van der Waals surface area contributed by atoms with Crippen molar-refractivity contribution in [2.45, 2.75) is 44.4 Å². The van der Waals surface area contributed by atoms with E-state index >= 15 is 0 Å². The van der Waals surface area contributed by atoms with Crippen LogP contribution in [0.15, 0.2) is 42.6 Å². The average molecular weight is 363 g/mol. The third-order valence-electron chi connectivity index (χ3n) is 5.46. The number of hydrogen-bond acceptors (Lipinski definition) is 4. The maximum absolute atomic E-state index is 9.61. The zero-order valence-electron chi connectivity index (χ0n) is 15.2. The van der Waals surface area contributed by atoms with E-state index in [4.69, 9.17) is 9.47 Å². The Labute approximate surface area is 158 Å². The number of phenols is 1. The molecule has 1 aromatic heterocycles. The molecule has 1 unspecified atom stereocenters. The molecule has 1 atom stereocenters. The van der Waals surface area contributed by atoms with Crippen LogP contribution in [0.1, 0.15) is 38.3 Å². The van der Waals surface area contributed by atoms with Crippen LogP contribution >= 0.6 is 0 Å². The lowest BCUT2D eigenvalue weighted by Crippen LogP contribution is -2.25. The van der Waals surface area contributed by atoms with Gasteiger partial charge in [0.1, 0.15) is 11.5 Å². The van der Waals surface area contributed by atoms with Gasteiger partial charge in [-0.2, -0.15) is 5.10 Å². The van der Waals surface area contributed by atoms with Crippen molar-refractivity contribution in [2.24, 2.45) is 0 Å². The summed E-state index contributed by atoms with van der Waals surface area (Å²) in [7, 11) is 0. The molecular formula is C22H23N2O3. The summed E-state index contributed by atoms with van der Waals surface area (Å²) >= 11 is 0. The Morgan fingerprint density at radius 2 is 1.93 bits per heavy atom. The van der Waals surface area contributed by atoms with Crippen molar-refractivity contribution in [1.29, 1.82) is 0 Å². The van der Waals surface area contributed by atoms with Crippen molar-refractivity contribution >= 4 is 10.9 Å². The fourth-order valence-electron chi connectivity index (χ4n) is 3.76. The largest absolute Gasteiger partial charge is 0.508 e. The van der Waals surface area contributed by atoms with Crippen molar-refractivity contribution in [3.8, 4) is 22.6 Å². The molecule has 0 spiro atoms. The van der Waals surface area contributed by atoms with Gasteiger partial charge in [-0.05, 0) is 73.9 Å². The Morgan fingerprint density at radius 1 is 1.07 bits per heavy atom. The van der Waals surface area contributed by atoms with Gasteiger partial charge in [0.25, 0.3) is 0 Å². The van der Waals surface area contributed by atoms with Crippen molar-refractivity contribution in [3.63, 3.8) is 0 Å². The number of aromatic nitrogens is 2. The molecule has 2 aromatic carbocycles. The van der Waals surface area contributed by atoms with Crippen LogP contribution in [-0.2, 0) is 4.74 Å². The number of aromatic hydroxyl groups is 1. The molecule has 5 heteroatoms. The minimum absolute atomic E-state index is 0.0174. The number of benzene rings is 2. The molecule has 1 aliphatic heterocycles. The first-order valence-corrected chi connectivity index (χ1v) is 9.68. The van der Waals surface area contributed by atoms with Gasteiger partial charge in [-0.25, -0.2) is 4.68 Å². The fraction of sp³-hybridized carbons (Fsp3) is 0.364. The summed E-state index contributed by atoms with van der Waals surface area (Å²) in [5.74, 6) is 1.14. The number of phenolic OH excluding ortho intramolecular Hbond substituents is 1. The average Bonchev–Trinajstić information content (AvgIpc) is 3.10. The summed E-state index contributed by atoms with van der Waals surface area (Å²) in [5.41, 5.74) is 3.13. The van der Waals surface area contributed by atoms with Gasteiger partial charge in [-0.3, -0.25) is 0 Å². The summed E-state index contributed by atoms with van der Waals surface area (Å²) < 4.78 is 14.2. The van der Waals surface area contributed by atoms with Crippen molar-refractivity contribution in [3.05, 3.63) is 49.0 Å². The quantitative estimate of drug-likeness (QED) is 0.720. The Morgan fingerprint density at radius 3 is 2.63 bits per heavy atom. The highest BCUT2D eigenvalue weighted by Crippen LogP contribution is 2.37. The third-order valence-corrected chi connectivity index (χ3v) is 5.46. The molecule has 3 aromatic rings. The lowest BCUT2D eigenvalue weighted by atomic mass is 9.96. The minimum atomic E-state index is -0.0174. The molecular weight excluding hydrogens is 340 g/mol. The van der Waals surface area contributed by atoms with Crippen LogP contribution in [0.25, 0.3) is 22.0 Å². The SMILES string of the molecule is Oc1ccc(-c2cc(OC3C[CH]C3)c3cnn(C4CCCCO4)c3c2)cc1. The van der Waals surface area contributed by atoms with Crippen LogP contribution in [0, 0.1) is 6.42 Å². The summed E-state index contributed by atoms with van der Waals surface area (Å²) in [4.78, 5) is 0. The second kappa shape index (κ2) is 6.89. The van der Waals surface area contributed by atoms with E-state index in [1.54, 1.807) is 12.1 Å². The van der Waals surface area contributed by atoms with E-state index in [0.29, 0.717) is 0 Å². The van der Waals surface area contributed by atoms with Crippen molar-refractivity contribution in [2.75, 3.05) is 6.61 Å². The fourth-order valence-corrected chi connectivity index (χ4v) is 3.76. The Balaban J connectivity index is 1.61. The van der Waals surface area contributed by atoms with Gasteiger partial charge in [-0.15, -0.1) is 0 Å². The van der Waals surface area contributed by atoms with Gasteiger partial charge in [0.05, 0.1) is 23.2 Å². The molecule has 1 radical (unpaired) electrons. The van der Waals surface area contributed by atoms with E-state index in [2.05, 4.69) is 23.7 Å². The summed E-state index contributed by atoms with van der Waals surface area (Å²) in [6.07, 6.45) is 9.60. The molecule has 27 heavy (non-hydrogen) atoms. The van der Waals surface area contributed by atoms with Crippen LogP contribution in [-0.4, -0.2) is 27.6 Å². The molecule has 0 amide bonds. The second-order valence-electron chi connectivity index (χ2n) is 7.36. The predicted octanol–water partition coefficient (Wildman–Crippen LogP) is 4.85. The Hall–Kier alpha value is -2.53. The van der Waals surface area contributed by atoms with Gasteiger partial charge in [0.2, 0.25) is 0 Å². The minimum Gasteiger partial charge on any atom is -0.508 e. The third kappa shape index (κ3) is 3.16. The maximum Gasteiger partial charge on any atom is 0.150 e. The van der Waals surface area contributed by atoms with Crippen molar-refractivity contribution < 1.29 is 14.6 Å². The van der Waals surface area contributed by atoms with Crippen LogP contribution in [0.4, 0.5) is 0 Å². The summed E-state index contributed by atoms with van der Waals surface area (Å²) in [6, 6.07) is 11.5. The molecule has 1 saturated carbocycles. The monoisotopic (exact) mass is 363 g/mol. The first kappa shape index (κ1) is 16.6. The highest BCUT2D eigenvalue weighted by molar-refractivity contribution is 5.90. The van der Waals surface area contributed by atoms with E-state index in [1.807, 2.05) is 23.0 Å². The molecule has 1 saturated heterocycles. The molecule has 5 nitrogen and oxygen atoms in total. The predicted molar refractivity (Wildman–Crippen MR) is 104 cm³/mol. The van der Waals surface area contributed by atoms with E-state index in [0.717, 1.165) is 66.5 Å². The normalized spacial score (nSPS) is 20.5. The first-order chi connectivity index (χ1) is 13.3. The van der Waals surface area contributed by atoms with Gasteiger partial charge in [0, 0.05) is 6.61 Å². The Bertz CT molecular complexity index is 938. The lowest BCUT2D eigenvalue weighted by molar-refractivity contribution is -0.0366. The number of rotatable bonds is 4. The van der Waals surface area contributed by atoms with Gasteiger partial charge < -0.3 is 14.6 Å². The molecule has 1 aliphatic carbocycles. The van der Waals surface area contributed by atoms with Gasteiger partial charge in [-0.1, -0.05) is 12.1 Å². The molecule has 139 valence electrons. The van der Waals surface area contributed by atoms with Crippen LogP contribution in [0.2, 0.25) is 0 Å². The molecule has 1 N–H and O–H groups in total. The molecule has 2 fully saturated rings. The van der Waals surface area contributed by atoms with E-state index in [-0.39, 0.29) is 18.1 Å². The van der Waals surface area contributed by atoms with Crippen LogP contribution in [0.5, 0.6) is 11.5 Å². The van der Waals surface area contributed by atoms with Gasteiger partial charge >= 0.3 is 0 Å². The molecule has 2 aliphatic rings. The van der Waals surface area contributed by atoms with Gasteiger partial charge in [0.15, 0.2) is 6.23 Å². The second-order valence-corrected chi connectivity index (χ2v) is 7.36.